The van der Waals surface area contributed by atoms with Gasteiger partial charge in [-0.05, 0) is 31.0 Å². The van der Waals surface area contributed by atoms with Crippen LogP contribution in [0.3, 0.4) is 0 Å². The Balaban J connectivity index is 1.56. The molecule has 0 spiro atoms. The Morgan fingerprint density at radius 3 is 2.50 bits per heavy atom. The van der Waals surface area contributed by atoms with Crippen molar-refractivity contribution in [2.24, 2.45) is 0 Å². The minimum atomic E-state index is -3.67. The second-order valence-electron chi connectivity index (χ2n) is 6.84. The summed E-state index contributed by atoms with van der Waals surface area (Å²) in [6.45, 7) is 0.971. The van der Waals surface area contributed by atoms with Gasteiger partial charge in [-0.3, -0.25) is 10.1 Å². The van der Waals surface area contributed by atoms with Gasteiger partial charge in [-0.15, -0.1) is 10.2 Å². The van der Waals surface area contributed by atoms with Gasteiger partial charge in [0.2, 0.25) is 15.2 Å². The molecular weight excluding hydrogens is 444 g/mol. The van der Waals surface area contributed by atoms with E-state index in [2.05, 4.69) is 15.5 Å². The smallest absolute Gasteiger partial charge is 0.259 e. The van der Waals surface area contributed by atoms with E-state index in [1.165, 1.54) is 33.8 Å². The van der Waals surface area contributed by atoms with Gasteiger partial charge in [0.25, 0.3) is 5.91 Å². The largest absolute Gasteiger partial charge is 0.296 e. The van der Waals surface area contributed by atoms with Gasteiger partial charge in [0.15, 0.2) is 0 Å². The van der Waals surface area contributed by atoms with Crippen LogP contribution < -0.4 is 5.32 Å². The highest BCUT2D eigenvalue weighted by Gasteiger charge is 2.27. The number of carbonyl (C=O) groups is 1. The van der Waals surface area contributed by atoms with Crippen LogP contribution >= 0.6 is 22.9 Å². The highest BCUT2D eigenvalue weighted by molar-refractivity contribution is 7.89. The van der Waals surface area contributed by atoms with Crippen LogP contribution in [0, 0.1) is 0 Å². The quantitative estimate of drug-likeness (QED) is 0.610. The Hall–Kier alpha value is -2.33. The van der Waals surface area contributed by atoms with E-state index in [0.29, 0.717) is 23.2 Å². The molecule has 1 saturated heterocycles. The maximum absolute atomic E-state index is 12.9. The number of halogens is 1. The van der Waals surface area contributed by atoms with Gasteiger partial charge < -0.3 is 0 Å². The fourth-order valence-electron chi connectivity index (χ4n) is 3.23. The molecule has 30 heavy (non-hydrogen) atoms. The molecule has 0 atom stereocenters. The molecule has 2 aromatic carbocycles. The van der Waals surface area contributed by atoms with E-state index < -0.39 is 15.9 Å². The number of piperidine rings is 1. The molecule has 3 aromatic rings. The van der Waals surface area contributed by atoms with Crippen LogP contribution in [0.2, 0.25) is 5.02 Å². The fourth-order valence-corrected chi connectivity index (χ4v) is 5.72. The Morgan fingerprint density at radius 2 is 1.77 bits per heavy atom. The summed E-state index contributed by atoms with van der Waals surface area (Å²) in [6, 6.07) is 13.7. The SMILES string of the molecule is O=C(Nc1nnc(-c2ccccc2)s1)c1cc(S(=O)(=O)N2CCCCC2)ccc1Cl. The lowest BCUT2D eigenvalue weighted by molar-refractivity contribution is 0.102. The molecule has 0 bridgehead atoms. The normalized spacial score (nSPS) is 15.1. The molecule has 0 unspecified atom stereocenters. The number of rotatable bonds is 5. The lowest BCUT2D eigenvalue weighted by Crippen LogP contribution is -2.35. The molecule has 4 rings (SSSR count). The minimum Gasteiger partial charge on any atom is -0.296 e. The van der Waals surface area contributed by atoms with Crippen molar-refractivity contribution in [3.63, 3.8) is 0 Å². The van der Waals surface area contributed by atoms with Crippen LogP contribution in [0.15, 0.2) is 53.4 Å². The number of nitrogens with one attached hydrogen (secondary N) is 1. The molecule has 10 heteroatoms. The molecule has 1 aliphatic heterocycles. The van der Waals surface area contributed by atoms with Crippen molar-refractivity contribution >= 4 is 44.0 Å². The van der Waals surface area contributed by atoms with Crippen molar-refractivity contribution < 1.29 is 13.2 Å². The monoisotopic (exact) mass is 462 g/mol. The first-order valence-corrected chi connectivity index (χ1v) is 12.1. The number of hydrogen-bond acceptors (Lipinski definition) is 6. The third-order valence-electron chi connectivity index (χ3n) is 4.80. The van der Waals surface area contributed by atoms with Crippen LogP contribution in [0.25, 0.3) is 10.6 Å². The second kappa shape index (κ2) is 8.81. The second-order valence-corrected chi connectivity index (χ2v) is 10.2. The Morgan fingerprint density at radius 1 is 1.03 bits per heavy atom. The van der Waals surface area contributed by atoms with E-state index in [4.69, 9.17) is 11.6 Å². The Bertz CT molecular complexity index is 1160. The van der Waals surface area contributed by atoms with E-state index in [-0.39, 0.29) is 15.5 Å². The number of aromatic nitrogens is 2. The molecule has 156 valence electrons. The lowest BCUT2D eigenvalue weighted by atomic mass is 10.2. The average Bonchev–Trinajstić information content (AvgIpc) is 3.23. The predicted molar refractivity (Wildman–Crippen MR) is 117 cm³/mol. The zero-order chi connectivity index (χ0) is 21.1. The van der Waals surface area contributed by atoms with Gasteiger partial charge in [0.05, 0.1) is 15.5 Å². The van der Waals surface area contributed by atoms with Crippen LogP contribution in [0.5, 0.6) is 0 Å². The molecule has 0 aliphatic carbocycles. The molecule has 1 fully saturated rings. The molecule has 1 N–H and O–H groups in total. The molecule has 2 heterocycles. The minimum absolute atomic E-state index is 0.0567. The summed E-state index contributed by atoms with van der Waals surface area (Å²) in [5, 5.41) is 11.9. The first kappa shape index (κ1) is 20.9. The number of hydrogen-bond donors (Lipinski definition) is 1. The number of carbonyl (C=O) groups excluding carboxylic acids is 1. The Kier molecular flexibility index (Phi) is 6.14. The molecule has 0 saturated carbocycles. The predicted octanol–water partition coefficient (Wildman–Crippen LogP) is 4.29. The van der Waals surface area contributed by atoms with E-state index in [1.54, 1.807) is 0 Å². The number of benzene rings is 2. The first-order valence-electron chi connectivity index (χ1n) is 9.45. The molecular formula is C20H19ClN4O3S2. The molecule has 7 nitrogen and oxygen atoms in total. The van der Waals surface area contributed by atoms with Crippen molar-refractivity contribution in [1.82, 2.24) is 14.5 Å². The standard InChI is InChI=1S/C20H19ClN4O3S2/c21-17-10-9-15(30(27,28)25-11-5-2-6-12-25)13-16(17)18(26)22-20-24-23-19(29-20)14-7-3-1-4-8-14/h1,3-4,7-10,13H,2,5-6,11-12H2,(H,22,24,26). The van der Waals surface area contributed by atoms with Crippen LogP contribution in [-0.2, 0) is 10.0 Å². The van der Waals surface area contributed by atoms with Gasteiger partial charge in [0.1, 0.15) is 5.01 Å². The number of nitrogens with zero attached hydrogens (tertiary/aromatic N) is 3. The maximum atomic E-state index is 12.9. The van der Waals surface area contributed by atoms with Crippen LogP contribution in [-0.4, -0.2) is 41.9 Å². The number of amides is 1. The van der Waals surface area contributed by atoms with Gasteiger partial charge >= 0.3 is 0 Å². The van der Waals surface area contributed by atoms with Gasteiger partial charge in [-0.2, -0.15) is 4.31 Å². The summed E-state index contributed by atoms with van der Waals surface area (Å²) in [5.74, 6) is -0.536. The maximum Gasteiger partial charge on any atom is 0.259 e. The average molecular weight is 463 g/mol. The zero-order valence-electron chi connectivity index (χ0n) is 15.9. The highest BCUT2D eigenvalue weighted by atomic mass is 35.5. The molecule has 1 amide bonds. The highest BCUT2D eigenvalue weighted by Crippen LogP contribution is 2.28. The van der Waals surface area contributed by atoms with Crippen LogP contribution in [0.4, 0.5) is 5.13 Å². The first-order chi connectivity index (χ1) is 14.4. The van der Waals surface area contributed by atoms with Crippen molar-refractivity contribution in [2.45, 2.75) is 24.2 Å². The molecule has 0 radical (unpaired) electrons. The van der Waals surface area contributed by atoms with Crippen molar-refractivity contribution in [1.29, 1.82) is 0 Å². The molecule has 1 aliphatic rings. The Labute approximate surface area is 183 Å². The fraction of sp³-hybridized carbons (Fsp3) is 0.250. The third kappa shape index (κ3) is 4.39. The zero-order valence-corrected chi connectivity index (χ0v) is 18.3. The summed E-state index contributed by atoms with van der Waals surface area (Å²) in [7, 11) is -3.67. The van der Waals surface area contributed by atoms with Crippen molar-refractivity contribution in [3.05, 3.63) is 59.1 Å². The third-order valence-corrected chi connectivity index (χ3v) is 7.91. The summed E-state index contributed by atoms with van der Waals surface area (Å²) in [6.07, 6.45) is 2.69. The van der Waals surface area contributed by atoms with Crippen molar-refractivity contribution in [3.8, 4) is 10.6 Å². The van der Waals surface area contributed by atoms with Gasteiger partial charge in [0, 0.05) is 18.7 Å². The van der Waals surface area contributed by atoms with E-state index in [0.717, 1.165) is 24.8 Å². The number of sulfonamides is 1. The van der Waals surface area contributed by atoms with E-state index >= 15 is 0 Å². The topological polar surface area (TPSA) is 92.3 Å². The summed E-state index contributed by atoms with van der Waals surface area (Å²) >= 11 is 7.42. The van der Waals surface area contributed by atoms with E-state index in [9.17, 15) is 13.2 Å². The summed E-state index contributed by atoms with van der Waals surface area (Å²) in [5.41, 5.74) is 0.967. The van der Waals surface area contributed by atoms with Crippen molar-refractivity contribution in [2.75, 3.05) is 18.4 Å². The lowest BCUT2D eigenvalue weighted by Gasteiger charge is -2.26. The number of anilines is 1. The summed E-state index contributed by atoms with van der Waals surface area (Å²) in [4.78, 5) is 12.8. The summed E-state index contributed by atoms with van der Waals surface area (Å²) < 4.78 is 27.3. The van der Waals surface area contributed by atoms with E-state index in [1.807, 2.05) is 30.3 Å². The molecule has 1 aromatic heterocycles. The van der Waals surface area contributed by atoms with Crippen LogP contribution in [0.1, 0.15) is 29.6 Å². The van der Waals surface area contributed by atoms with Gasteiger partial charge in [-0.1, -0.05) is 59.7 Å². The van der Waals surface area contributed by atoms with Gasteiger partial charge in [-0.25, -0.2) is 8.42 Å².